The number of aliphatic imine (C=N–C) groups is 1. The first kappa shape index (κ1) is 13.1. The average Bonchev–Trinajstić information content (AvgIpc) is 3.24. The van der Waals surface area contributed by atoms with Gasteiger partial charge in [-0.1, -0.05) is 6.07 Å². The molecule has 0 bridgehead atoms. The predicted molar refractivity (Wildman–Crippen MR) is 78.2 cm³/mol. The molecule has 3 rings (SSSR count). The highest BCUT2D eigenvalue weighted by Crippen LogP contribution is 2.43. The van der Waals surface area contributed by atoms with Gasteiger partial charge in [-0.25, -0.2) is 0 Å². The molecular weight excluding hydrogens is 254 g/mol. The van der Waals surface area contributed by atoms with Crippen molar-refractivity contribution >= 4 is 5.96 Å². The maximum Gasteiger partial charge on any atom is 0.192 e. The predicted octanol–water partition coefficient (Wildman–Crippen LogP) is 1.71. The van der Waals surface area contributed by atoms with Crippen LogP contribution < -0.4 is 15.2 Å². The molecule has 1 aliphatic carbocycles. The van der Waals surface area contributed by atoms with Gasteiger partial charge in [0.25, 0.3) is 0 Å². The molecule has 0 radical (unpaired) electrons. The van der Waals surface area contributed by atoms with Gasteiger partial charge in [0.05, 0.1) is 26.3 Å². The van der Waals surface area contributed by atoms with E-state index in [1.165, 1.54) is 12.8 Å². The van der Waals surface area contributed by atoms with Crippen molar-refractivity contribution in [1.82, 2.24) is 4.90 Å². The molecule has 0 spiro atoms. The molecule has 1 heterocycles. The van der Waals surface area contributed by atoms with Crippen LogP contribution in [-0.4, -0.2) is 37.7 Å². The molecule has 1 unspecified atom stereocenters. The van der Waals surface area contributed by atoms with Crippen molar-refractivity contribution < 1.29 is 9.47 Å². The van der Waals surface area contributed by atoms with Crippen molar-refractivity contribution in [1.29, 1.82) is 0 Å². The van der Waals surface area contributed by atoms with Crippen LogP contribution in [0.3, 0.4) is 0 Å². The summed E-state index contributed by atoms with van der Waals surface area (Å²) < 4.78 is 10.7. The van der Waals surface area contributed by atoms with Crippen LogP contribution in [0.25, 0.3) is 0 Å². The second-order valence-electron chi connectivity index (χ2n) is 5.62. The van der Waals surface area contributed by atoms with E-state index < -0.39 is 0 Å². The number of hydrogen-bond acceptors (Lipinski definition) is 5. The maximum atomic E-state index is 6.08. The maximum absolute atomic E-state index is 6.08. The van der Waals surface area contributed by atoms with Crippen LogP contribution in [0.1, 0.15) is 25.3 Å². The molecule has 0 amide bonds. The zero-order valence-electron chi connectivity index (χ0n) is 12.2. The normalized spacial score (nSPS) is 25.6. The number of hydrogen-bond donors (Lipinski definition) is 1. The van der Waals surface area contributed by atoms with Gasteiger partial charge in [-0.2, -0.15) is 0 Å². The summed E-state index contributed by atoms with van der Waals surface area (Å²) in [4.78, 5) is 6.71. The summed E-state index contributed by atoms with van der Waals surface area (Å²) in [7, 11) is 3.30. The van der Waals surface area contributed by atoms with Gasteiger partial charge < -0.3 is 20.1 Å². The van der Waals surface area contributed by atoms with Gasteiger partial charge in [-0.05, 0) is 37.5 Å². The topological polar surface area (TPSA) is 60.1 Å². The summed E-state index contributed by atoms with van der Waals surface area (Å²) in [5.41, 5.74) is 7.05. The second-order valence-corrected chi connectivity index (χ2v) is 5.62. The Morgan fingerprint density at radius 3 is 2.55 bits per heavy atom. The standard InChI is InChI=1S/C15H21N3O2/c1-15(9-17-14(16)18(15)11-5-6-11)10-4-7-12(19-2)13(8-10)20-3/h4,7-8,11H,5-6,9H2,1-3H3,(H2,16,17). The molecule has 1 saturated carbocycles. The van der Waals surface area contributed by atoms with Gasteiger partial charge in [-0.15, -0.1) is 0 Å². The van der Waals surface area contributed by atoms with Gasteiger partial charge in [0.2, 0.25) is 0 Å². The quantitative estimate of drug-likeness (QED) is 0.909. The van der Waals surface area contributed by atoms with E-state index in [9.17, 15) is 0 Å². The van der Waals surface area contributed by atoms with E-state index in [0.29, 0.717) is 18.5 Å². The van der Waals surface area contributed by atoms with Gasteiger partial charge >= 0.3 is 0 Å². The molecule has 0 aromatic heterocycles. The first-order chi connectivity index (χ1) is 9.60. The van der Waals surface area contributed by atoms with E-state index in [0.717, 1.165) is 17.1 Å². The highest BCUT2D eigenvalue weighted by Gasteiger charge is 2.47. The summed E-state index contributed by atoms with van der Waals surface area (Å²) in [5.74, 6) is 2.14. The van der Waals surface area contributed by atoms with E-state index in [1.54, 1.807) is 14.2 Å². The number of nitrogens with zero attached hydrogens (tertiary/aromatic N) is 2. The molecule has 1 atom stereocenters. The Kier molecular flexibility index (Phi) is 3.00. The van der Waals surface area contributed by atoms with E-state index in [-0.39, 0.29) is 5.54 Å². The zero-order chi connectivity index (χ0) is 14.3. The molecule has 5 heteroatoms. The number of methoxy groups -OCH3 is 2. The lowest BCUT2D eigenvalue weighted by Crippen LogP contribution is -2.48. The fraction of sp³-hybridized carbons (Fsp3) is 0.533. The Morgan fingerprint density at radius 1 is 1.25 bits per heavy atom. The number of guanidine groups is 1. The minimum atomic E-state index is -0.190. The molecule has 20 heavy (non-hydrogen) atoms. The molecule has 1 aromatic rings. The van der Waals surface area contributed by atoms with E-state index in [2.05, 4.69) is 22.9 Å². The summed E-state index contributed by atoms with van der Waals surface area (Å²) in [6.45, 7) is 2.88. The van der Waals surface area contributed by atoms with Crippen molar-refractivity contribution in [3.63, 3.8) is 0 Å². The number of benzene rings is 1. The van der Waals surface area contributed by atoms with Crippen molar-refractivity contribution in [2.24, 2.45) is 10.7 Å². The molecule has 1 fully saturated rings. The lowest BCUT2D eigenvalue weighted by atomic mass is 9.90. The van der Waals surface area contributed by atoms with E-state index >= 15 is 0 Å². The van der Waals surface area contributed by atoms with E-state index in [1.807, 2.05) is 12.1 Å². The first-order valence-electron chi connectivity index (χ1n) is 6.92. The second kappa shape index (κ2) is 4.58. The number of ether oxygens (including phenoxy) is 2. The van der Waals surface area contributed by atoms with Crippen molar-refractivity contribution in [3.05, 3.63) is 23.8 Å². The molecule has 1 aliphatic heterocycles. The Hall–Kier alpha value is -1.91. The number of nitrogens with two attached hydrogens (primary N) is 1. The van der Waals surface area contributed by atoms with Crippen LogP contribution >= 0.6 is 0 Å². The summed E-state index contributed by atoms with van der Waals surface area (Å²) in [6, 6.07) is 6.57. The lowest BCUT2D eigenvalue weighted by Gasteiger charge is -2.37. The Morgan fingerprint density at radius 2 is 1.95 bits per heavy atom. The molecular formula is C15H21N3O2. The van der Waals surface area contributed by atoms with Gasteiger partial charge in [0.15, 0.2) is 17.5 Å². The SMILES string of the molecule is COc1ccc(C2(C)CN=C(N)N2C2CC2)cc1OC. The third-order valence-electron chi connectivity index (χ3n) is 4.24. The fourth-order valence-electron chi connectivity index (χ4n) is 2.96. The monoisotopic (exact) mass is 275 g/mol. The summed E-state index contributed by atoms with van der Waals surface area (Å²) in [6.07, 6.45) is 2.39. The molecule has 108 valence electrons. The first-order valence-corrected chi connectivity index (χ1v) is 6.92. The third-order valence-corrected chi connectivity index (χ3v) is 4.24. The largest absolute Gasteiger partial charge is 0.493 e. The number of rotatable bonds is 4. The summed E-state index contributed by atoms with van der Waals surface area (Å²) >= 11 is 0. The van der Waals surface area contributed by atoms with Crippen molar-refractivity contribution in [2.75, 3.05) is 20.8 Å². The van der Waals surface area contributed by atoms with Crippen LogP contribution in [-0.2, 0) is 5.54 Å². The molecule has 0 saturated heterocycles. The van der Waals surface area contributed by atoms with E-state index in [4.69, 9.17) is 15.2 Å². The molecule has 1 aromatic carbocycles. The smallest absolute Gasteiger partial charge is 0.192 e. The Bertz CT molecular complexity index is 554. The minimum absolute atomic E-state index is 0.190. The molecule has 5 nitrogen and oxygen atoms in total. The Balaban J connectivity index is 1.99. The third kappa shape index (κ3) is 1.88. The van der Waals surface area contributed by atoms with Gasteiger partial charge in [0.1, 0.15) is 0 Å². The molecule has 2 N–H and O–H groups in total. The zero-order valence-corrected chi connectivity index (χ0v) is 12.2. The summed E-state index contributed by atoms with van der Waals surface area (Å²) in [5, 5.41) is 0. The molecule has 2 aliphatic rings. The van der Waals surface area contributed by atoms with Crippen molar-refractivity contribution in [3.8, 4) is 11.5 Å². The van der Waals surface area contributed by atoms with Crippen LogP contribution in [0.2, 0.25) is 0 Å². The average molecular weight is 275 g/mol. The fourth-order valence-corrected chi connectivity index (χ4v) is 2.96. The van der Waals surface area contributed by atoms with Crippen molar-refractivity contribution in [2.45, 2.75) is 31.3 Å². The van der Waals surface area contributed by atoms with Gasteiger partial charge in [0, 0.05) is 6.04 Å². The lowest BCUT2D eigenvalue weighted by molar-refractivity contribution is 0.215. The van der Waals surface area contributed by atoms with Crippen LogP contribution in [0.5, 0.6) is 11.5 Å². The van der Waals surface area contributed by atoms with Crippen LogP contribution in [0.4, 0.5) is 0 Å². The van der Waals surface area contributed by atoms with Gasteiger partial charge in [-0.3, -0.25) is 4.99 Å². The van der Waals surface area contributed by atoms with Crippen LogP contribution in [0.15, 0.2) is 23.2 Å². The Labute approximate surface area is 119 Å². The highest BCUT2D eigenvalue weighted by atomic mass is 16.5. The highest BCUT2D eigenvalue weighted by molar-refractivity contribution is 5.82. The minimum Gasteiger partial charge on any atom is -0.493 e. The van der Waals surface area contributed by atoms with Crippen LogP contribution in [0, 0.1) is 0 Å².